The van der Waals surface area contributed by atoms with Crippen LogP contribution in [-0.4, -0.2) is 66.0 Å². The molecular formula is C22H28ClFN2O5S. The Kier molecular flexibility index (Phi) is 8.87. The van der Waals surface area contributed by atoms with Gasteiger partial charge >= 0.3 is 0 Å². The molecule has 10 heteroatoms. The molecule has 176 valence electrons. The zero-order valence-corrected chi connectivity index (χ0v) is 19.7. The first-order valence-corrected chi connectivity index (χ1v) is 12.2. The summed E-state index contributed by atoms with van der Waals surface area (Å²) in [6.45, 7) is 4.22. The van der Waals surface area contributed by atoms with Crippen LogP contribution in [0.3, 0.4) is 0 Å². The van der Waals surface area contributed by atoms with E-state index in [2.05, 4.69) is 4.72 Å². The van der Waals surface area contributed by atoms with E-state index in [4.69, 9.17) is 25.8 Å². The van der Waals surface area contributed by atoms with E-state index in [0.29, 0.717) is 38.7 Å². The van der Waals surface area contributed by atoms with Gasteiger partial charge in [-0.1, -0.05) is 17.7 Å². The fourth-order valence-corrected chi connectivity index (χ4v) is 4.93. The second kappa shape index (κ2) is 11.4. The number of hydrogen-bond acceptors (Lipinski definition) is 6. The number of hydrogen-bond donors (Lipinski definition) is 1. The molecule has 0 aromatic heterocycles. The molecule has 0 saturated carbocycles. The minimum Gasteiger partial charge on any atom is -0.491 e. The summed E-state index contributed by atoms with van der Waals surface area (Å²) in [6, 6.07) is 9.97. The van der Waals surface area contributed by atoms with Crippen molar-refractivity contribution >= 4 is 21.6 Å². The second-order valence-electron chi connectivity index (χ2n) is 7.49. The van der Waals surface area contributed by atoms with Crippen LogP contribution < -0.4 is 9.46 Å². The number of morpholine rings is 1. The van der Waals surface area contributed by atoms with Gasteiger partial charge in [-0.3, -0.25) is 4.90 Å². The maximum atomic E-state index is 14.7. The molecule has 3 rings (SSSR count). The summed E-state index contributed by atoms with van der Waals surface area (Å²) in [4.78, 5) is 2.08. The quantitative estimate of drug-likeness (QED) is 0.519. The van der Waals surface area contributed by atoms with Crippen molar-refractivity contribution in [1.82, 2.24) is 9.62 Å². The van der Waals surface area contributed by atoms with Crippen molar-refractivity contribution in [2.24, 2.45) is 0 Å². The normalized spacial score (nSPS) is 18.4. The SMILES string of the molecule is COCCOc1ccc(S(=O)(=O)NC[C@H](c2c(F)cccc2Cl)N2CCO[C@H](C)C2)cc1. The van der Waals surface area contributed by atoms with Crippen LogP contribution in [0.5, 0.6) is 5.75 Å². The molecule has 1 aliphatic rings. The van der Waals surface area contributed by atoms with Crippen LogP contribution in [0.25, 0.3) is 0 Å². The zero-order chi connectivity index (χ0) is 23.1. The molecular weight excluding hydrogens is 459 g/mol. The smallest absolute Gasteiger partial charge is 0.240 e. The van der Waals surface area contributed by atoms with Crippen molar-refractivity contribution in [2.45, 2.75) is 24.0 Å². The molecule has 1 saturated heterocycles. The van der Waals surface area contributed by atoms with E-state index in [1.165, 1.54) is 24.3 Å². The van der Waals surface area contributed by atoms with Crippen molar-refractivity contribution in [1.29, 1.82) is 0 Å². The van der Waals surface area contributed by atoms with Gasteiger partial charge in [0.2, 0.25) is 10.0 Å². The molecule has 2 atom stereocenters. The molecule has 2 aromatic carbocycles. The third-order valence-corrected chi connectivity index (χ3v) is 6.97. The first-order chi connectivity index (χ1) is 15.3. The third kappa shape index (κ3) is 6.40. The summed E-state index contributed by atoms with van der Waals surface area (Å²) in [5.74, 6) is 0.0673. The number of rotatable bonds is 10. The largest absolute Gasteiger partial charge is 0.491 e. The van der Waals surface area contributed by atoms with E-state index in [1.807, 2.05) is 11.8 Å². The summed E-state index contributed by atoms with van der Waals surface area (Å²) in [5, 5.41) is 0.255. The maximum absolute atomic E-state index is 14.7. The Morgan fingerprint density at radius 2 is 2.00 bits per heavy atom. The van der Waals surface area contributed by atoms with Gasteiger partial charge < -0.3 is 14.2 Å². The van der Waals surface area contributed by atoms with Crippen LogP contribution in [0.15, 0.2) is 47.4 Å². The zero-order valence-electron chi connectivity index (χ0n) is 18.1. The van der Waals surface area contributed by atoms with Crippen LogP contribution in [0.4, 0.5) is 4.39 Å². The van der Waals surface area contributed by atoms with E-state index in [1.54, 1.807) is 25.3 Å². The maximum Gasteiger partial charge on any atom is 0.240 e. The van der Waals surface area contributed by atoms with Crippen molar-refractivity contribution < 1.29 is 27.0 Å². The molecule has 0 unspecified atom stereocenters. The number of nitrogens with zero attached hydrogens (tertiary/aromatic N) is 1. The Morgan fingerprint density at radius 1 is 1.25 bits per heavy atom. The van der Waals surface area contributed by atoms with Crippen LogP contribution >= 0.6 is 11.6 Å². The molecule has 0 spiro atoms. The third-order valence-electron chi connectivity index (χ3n) is 5.20. The van der Waals surface area contributed by atoms with E-state index >= 15 is 0 Å². The Balaban J connectivity index is 1.77. The lowest BCUT2D eigenvalue weighted by Crippen LogP contribution is -2.46. The molecule has 1 heterocycles. The lowest BCUT2D eigenvalue weighted by molar-refractivity contribution is -0.0342. The summed E-state index contributed by atoms with van der Waals surface area (Å²) in [7, 11) is -2.26. The molecule has 0 radical (unpaired) electrons. The topological polar surface area (TPSA) is 77.1 Å². The summed E-state index contributed by atoms with van der Waals surface area (Å²) in [5.41, 5.74) is 0.271. The van der Waals surface area contributed by atoms with E-state index < -0.39 is 21.9 Å². The Labute approximate surface area is 193 Å². The molecule has 1 fully saturated rings. The average Bonchev–Trinajstić information content (AvgIpc) is 2.76. The standard InChI is InChI=1S/C22H28ClFN2O5S/c1-16-15-26(10-11-30-16)21(22-19(23)4-3-5-20(22)24)14-25-32(27,28)18-8-6-17(7-9-18)31-13-12-29-2/h3-9,16,21,25H,10-15H2,1-2H3/t16-,21-/m1/s1. The highest BCUT2D eigenvalue weighted by Crippen LogP contribution is 2.31. The predicted octanol–water partition coefficient (Wildman–Crippen LogP) is 3.24. The van der Waals surface area contributed by atoms with Crippen molar-refractivity contribution in [3.8, 4) is 5.75 Å². The molecule has 0 bridgehead atoms. The van der Waals surface area contributed by atoms with Gasteiger partial charge in [0, 0.05) is 37.3 Å². The molecule has 0 amide bonds. The fourth-order valence-electron chi connectivity index (χ4n) is 3.60. The number of methoxy groups -OCH3 is 1. The highest BCUT2D eigenvalue weighted by molar-refractivity contribution is 7.89. The first-order valence-electron chi connectivity index (χ1n) is 10.3. The molecule has 1 aliphatic heterocycles. The highest BCUT2D eigenvalue weighted by atomic mass is 35.5. The fraction of sp³-hybridized carbons (Fsp3) is 0.455. The van der Waals surface area contributed by atoms with E-state index in [9.17, 15) is 12.8 Å². The molecule has 32 heavy (non-hydrogen) atoms. The van der Waals surface area contributed by atoms with Gasteiger partial charge in [0.15, 0.2) is 0 Å². The molecule has 7 nitrogen and oxygen atoms in total. The van der Waals surface area contributed by atoms with Gasteiger partial charge in [-0.25, -0.2) is 17.5 Å². The Morgan fingerprint density at radius 3 is 2.66 bits per heavy atom. The minimum absolute atomic E-state index is 0.0399. The van der Waals surface area contributed by atoms with E-state index in [0.717, 1.165) is 0 Å². The highest BCUT2D eigenvalue weighted by Gasteiger charge is 2.30. The Bertz CT molecular complexity index is 970. The van der Waals surface area contributed by atoms with Crippen molar-refractivity contribution in [3.63, 3.8) is 0 Å². The van der Waals surface area contributed by atoms with Crippen molar-refractivity contribution in [3.05, 3.63) is 58.9 Å². The number of sulfonamides is 1. The second-order valence-corrected chi connectivity index (χ2v) is 9.67. The van der Waals surface area contributed by atoms with Crippen LogP contribution in [-0.2, 0) is 19.5 Å². The van der Waals surface area contributed by atoms with Gasteiger partial charge in [0.05, 0.1) is 30.3 Å². The van der Waals surface area contributed by atoms with Crippen LogP contribution in [0.2, 0.25) is 5.02 Å². The number of benzene rings is 2. The first kappa shape index (κ1) is 24.9. The minimum atomic E-state index is -3.84. The predicted molar refractivity (Wildman–Crippen MR) is 120 cm³/mol. The number of ether oxygens (including phenoxy) is 3. The van der Waals surface area contributed by atoms with Gasteiger partial charge in [-0.05, 0) is 43.3 Å². The van der Waals surface area contributed by atoms with Gasteiger partial charge in [0.25, 0.3) is 0 Å². The van der Waals surface area contributed by atoms with Gasteiger partial charge in [-0.2, -0.15) is 0 Å². The Hall–Kier alpha value is -1.75. The molecule has 0 aliphatic carbocycles. The summed E-state index contributed by atoms with van der Waals surface area (Å²) < 4.78 is 59.2. The van der Waals surface area contributed by atoms with Crippen LogP contribution in [0.1, 0.15) is 18.5 Å². The van der Waals surface area contributed by atoms with E-state index in [-0.39, 0.29) is 28.1 Å². The average molecular weight is 487 g/mol. The monoisotopic (exact) mass is 486 g/mol. The molecule has 1 N–H and O–H groups in total. The molecule has 2 aromatic rings. The van der Waals surface area contributed by atoms with Gasteiger partial charge in [-0.15, -0.1) is 0 Å². The summed E-state index contributed by atoms with van der Waals surface area (Å²) in [6.07, 6.45) is -0.0564. The number of halogens is 2. The lowest BCUT2D eigenvalue weighted by atomic mass is 10.0. The van der Waals surface area contributed by atoms with Crippen LogP contribution in [0, 0.1) is 5.82 Å². The lowest BCUT2D eigenvalue weighted by Gasteiger charge is -2.38. The summed E-state index contributed by atoms with van der Waals surface area (Å²) >= 11 is 6.32. The number of nitrogens with one attached hydrogen (secondary N) is 1. The van der Waals surface area contributed by atoms with Crippen molar-refractivity contribution in [2.75, 3.05) is 46.6 Å². The van der Waals surface area contributed by atoms with Gasteiger partial charge in [0.1, 0.15) is 18.2 Å².